The van der Waals surface area contributed by atoms with Crippen molar-refractivity contribution in [3.63, 3.8) is 0 Å². The van der Waals surface area contributed by atoms with E-state index in [9.17, 15) is 0 Å². The van der Waals surface area contributed by atoms with Gasteiger partial charge in [0, 0.05) is 19.2 Å². The highest BCUT2D eigenvalue weighted by Crippen LogP contribution is 2.36. The van der Waals surface area contributed by atoms with E-state index in [2.05, 4.69) is 53.3 Å². The zero-order valence-corrected chi connectivity index (χ0v) is 14.4. The molecule has 19 heavy (non-hydrogen) atoms. The standard InChI is InChI=1S/C15H17BrClNS/c1-4-18-14(15-12(16)8-10(3)19-15)11-5-6-13(17)9(2)7-11/h5-8,14,18H,4H2,1-3H3. The highest BCUT2D eigenvalue weighted by Gasteiger charge is 2.18. The van der Waals surface area contributed by atoms with Crippen LogP contribution in [0.15, 0.2) is 28.7 Å². The van der Waals surface area contributed by atoms with Crippen molar-refractivity contribution in [3.05, 3.63) is 54.6 Å². The largest absolute Gasteiger partial charge is 0.306 e. The summed E-state index contributed by atoms with van der Waals surface area (Å²) in [5.74, 6) is 0. The van der Waals surface area contributed by atoms with Gasteiger partial charge in [0.05, 0.1) is 6.04 Å². The average molecular weight is 359 g/mol. The number of rotatable bonds is 4. The highest BCUT2D eigenvalue weighted by atomic mass is 79.9. The second kappa shape index (κ2) is 6.40. The predicted octanol–water partition coefficient (Wildman–Crippen LogP) is 5.48. The first-order chi connectivity index (χ1) is 9.02. The number of hydrogen-bond donors (Lipinski definition) is 1. The van der Waals surface area contributed by atoms with Crippen LogP contribution in [0.3, 0.4) is 0 Å². The summed E-state index contributed by atoms with van der Waals surface area (Å²) < 4.78 is 1.17. The van der Waals surface area contributed by atoms with Crippen molar-refractivity contribution in [1.82, 2.24) is 5.32 Å². The zero-order chi connectivity index (χ0) is 14.0. The van der Waals surface area contributed by atoms with Gasteiger partial charge in [0.2, 0.25) is 0 Å². The molecule has 1 nitrogen and oxygen atoms in total. The van der Waals surface area contributed by atoms with Crippen LogP contribution >= 0.6 is 38.9 Å². The van der Waals surface area contributed by atoms with E-state index in [1.54, 1.807) is 0 Å². The summed E-state index contributed by atoms with van der Waals surface area (Å²) in [4.78, 5) is 2.64. The molecular formula is C15H17BrClNS. The van der Waals surface area contributed by atoms with E-state index in [0.717, 1.165) is 17.1 Å². The molecule has 4 heteroatoms. The second-order valence-corrected chi connectivity index (χ2v) is 7.12. The lowest BCUT2D eigenvalue weighted by Crippen LogP contribution is -2.21. The molecule has 2 aromatic rings. The van der Waals surface area contributed by atoms with E-state index in [4.69, 9.17) is 11.6 Å². The van der Waals surface area contributed by atoms with Gasteiger partial charge in [-0.3, -0.25) is 0 Å². The van der Waals surface area contributed by atoms with Gasteiger partial charge in [0.15, 0.2) is 0 Å². The fourth-order valence-corrected chi connectivity index (χ4v) is 4.21. The minimum Gasteiger partial charge on any atom is -0.306 e. The maximum atomic E-state index is 6.12. The third-order valence-corrected chi connectivity index (χ3v) is 5.48. The minimum atomic E-state index is 0.217. The van der Waals surface area contributed by atoms with Crippen molar-refractivity contribution in [1.29, 1.82) is 0 Å². The molecule has 0 saturated heterocycles. The molecule has 1 unspecified atom stereocenters. The van der Waals surface area contributed by atoms with Crippen molar-refractivity contribution < 1.29 is 0 Å². The van der Waals surface area contributed by atoms with Crippen molar-refractivity contribution >= 4 is 38.9 Å². The van der Waals surface area contributed by atoms with E-state index >= 15 is 0 Å². The van der Waals surface area contributed by atoms with Gasteiger partial charge in [-0.15, -0.1) is 11.3 Å². The Bertz CT molecular complexity index is 580. The fraction of sp³-hybridized carbons (Fsp3) is 0.333. The van der Waals surface area contributed by atoms with Crippen molar-refractivity contribution in [2.24, 2.45) is 0 Å². The van der Waals surface area contributed by atoms with Crippen LogP contribution < -0.4 is 5.32 Å². The monoisotopic (exact) mass is 357 g/mol. The molecular weight excluding hydrogens is 342 g/mol. The number of hydrogen-bond acceptors (Lipinski definition) is 2. The summed E-state index contributed by atoms with van der Waals surface area (Å²) in [5.41, 5.74) is 2.37. The van der Waals surface area contributed by atoms with Gasteiger partial charge in [0.1, 0.15) is 0 Å². The Kier molecular flexibility index (Phi) is 5.07. The number of thiophene rings is 1. The third kappa shape index (κ3) is 3.40. The first kappa shape index (κ1) is 15.0. The van der Waals surface area contributed by atoms with Crippen LogP contribution in [0, 0.1) is 13.8 Å². The second-order valence-electron chi connectivity index (χ2n) is 4.57. The Morgan fingerprint density at radius 3 is 2.58 bits per heavy atom. The number of halogens is 2. The molecule has 0 radical (unpaired) electrons. The van der Waals surface area contributed by atoms with Gasteiger partial charge >= 0.3 is 0 Å². The number of aryl methyl sites for hydroxylation is 2. The number of nitrogens with one attached hydrogen (secondary N) is 1. The summed E-state index contributed by atoms with van der Waals surface area (Å²) >= 11 is 11.6. The molecule has 0 aliphatic heterocycles. The smallest absolute Gasteiger partial charge is 0.0682 e. The van der Waals surface area contributed by atoms with Gasteiger partial charge in [-0.25, -0.2) is 0 Å². The Balaban J connectivity index is 2.44. The molecule has 0 aliphatic rings. The van der Waals surface area contributed by atoms with E-state index in [1.165, 1.54) is 19.8 Å². The molecule has 1 heterocycles. The fourth-order valence-electron chi connectivity index (χ4n) is 2.11. The average Bonchev–Trinajstić information content (AvgIpc) is 2.69. The predicted molar refractivity (Wildman–Crippen MR) is 88.5 cm³/mol. The molecule has 0 spiro atoms. The van der Waals surface area contributed by atoms with Gasteiger partial charge < -0.3 is 5.32 Å². The van der Waals surface area contributed by atoms with Crippen LogP contribution in [0.25, 0.3) is 0 Å². The SMILES string of the molecule is CCNC(c1ccc(Cl)c(C)c1)c1sc(C)cc1Br. The molecule has 1 aromatic heterocycles. The van der Waals surface area contributed by atoms with Crippen LogP contribution in [-0.4, -0.2) is 6.54 Å². The van der Waals surface area contributed by atoms with E-state index < -0.39 is 0 Å². The Morgan fingerprint density at radius 1 is 1.32 bits per heavy atom. The molecule has 2 rings (SSSR count). The minimum absolute atomic E-state index is 0.217. The van der Waals surface area contributed by atoms with Gasteiger partial charge in [-0.2, -0.15) is 0 Å². The van der Waals surface area contributed by atoms with Crippen LogP contribution in [0.5, 0.6) is 0 Å². The summed E-state index contributed by atoms with van der Waals surface area (Å²) in [6, 6.07) is 8.63. The molecule has 0 aliphatic carbocycles. The summed E-state index contributed by atoms with van der Waals surface area (Å²) in [7, 11) is 0. The Labute approximate surface area is 132 Å². The van der Waals surface area contributed by atoms with Crippen LogP contribution in [-0.2, 0) is 0 Å². The topological polar surface area (TPSA) is 12.0 Å². The van der Waals surface area contributed by atoms with Crippen LogP contribution in [0.2, 0.25) is 5.02 Å². The van der Waals surface area contributed by atoms with Gasteiger partial charge in [-0.05, 0) is 59.6 Å². The zero-order valence-electron chi connectivity index (χ0n) is 11.3. The van der Waals surface area contributed by atoms with E-state index in [1.807, 2.05) is 24.3 Å². The normalized spacial score (nSPS) is 12.7. The molecule has 0 amide bonds. The van der Waals surface area contributed by atoms with Gasteiger partial charge in [0.25, 0.3) is 0 Å². The lowest BCUT2D eigenvalue weighted by atomic mass is 10.0. The Hall–Kier alpha value is -0.350. The summed E-state index contributed by atoms with van der Waals surface area (Å²) in [6.45, 7) is 7.23. The van der Waals surface area contributed by atoms with Crippen molar-refractivity contribution in [3.8, 4) is 0 Å². The summed E-state index contributed by atoms with van der Waals surface area (Å²) in [6.07, 6.45) is 0. The molecule has 1 N–H and O–H groups in total. The highest BCUT2D eigenvalue weighted by molar-refractivity contribution is 9.10. The molecule has 1 atom stereocenters. The van der Waals surface area contributed by atoms with Gasteiger partial charge in [-0.1, -0.05) is 30.7 Å². The van der Waals surface area contributed by atoms with Crippen molar-refractivity contribution in [2.45, 2.75) is 26.8 Å². The van der Waals surface area contributed by atoms with E-state index in [-0.39, 0.29) is 6.04 Å². The molecule has 0 fully saturated rings. The quantitative estimate of drug-likeness (QED) is 0.763. The van der Waals surface area contributed by atoms with Crippen molar-refractivity contribution in [2.75, 3.05) is 6.54 Å². The maximum Gasteiger partial charge on any atom is 0.0682 e. The third-order valence-electron chi connectivity index (χ3n) is 3.02. The first-order valence-corrected chi connectivity index (χ1v) is 8.27. The molecule has 1 aromatic carbocycles. The van der Waals surface area contributed by atoms with Crippen LogP contribution in [0.1, 0.15) is 33.8 Å². The maximum absolute atomic E-state index is 6.12. The lowest BCUT2D eigenvalue weighted by Gasteiger charge is -2.18. The lowest BCUT2D eigenvalue weighted by molar-refractivity contribution is 0.637. The van der Waals surface area contributed by atoms with E-state index in [0.29, 0.717) is 0 Å². The Morgan fingerprint density at radius 2 is 2.05 bits per heavy atom. The molecule has 0 saturated carbocycles. The van der Waals surface area contributed by atoms with Crippen LogP contribution in [0.4, 0.5) is 0 Å². The first-order valence-electron chi connectivity index (χ1n) is 6.28. The number of benzene rings is 1. The summed E-state index contributed by atoms with van der Waals surface area (Å²) in [5, 5.41) is 4.37. The molecule has 0 bridgehead atoms. The molecule has 102 valence electrons.